The first kappa shape index (κ1) is 12.6. The molecule has 0 radical (unpaired) electrons. The van der Waals surface area contributed by atoms with Crippen molar-refractivity contribution in [1.29, 1.82) is 0 Å². The van der Waals surface area contributed by atoms with Crippen LogP contribution in [0, 0.1) is 5.92 Å². The number of halogens is 1. The molecule has 0 amide bonds. The number of ether oxygens (including phenoxy) is 2. The fraction of sp³-hybridized carbons (Fsp3) is 0.500. The van der Waals surface area contributed by atoms with Gasteiger partial charge in [-0.3, -0.25) is 4.79 Å². The molecule has 1 saturated carbocycles. The molecule has 3 rings (SSSR count). The summed E-state index contributed by atoms with van der Waals surface area (Å²) in [7, 11) is 0. The maximum Gasteiger partial charge on any atom is 0.303 e. The zero-order chi connectivity index (χ0) is 13.4. The van der Waals surface area contributed by atoms with E-state index in [4.69, 9.17) is 26.2 Å². The Hall–Kier alpha value is -1.42. The molecule has 5 heteroatoms. The van der Waals surface area contributed by atoms with Gasteiger partial charge in [-0.15, -0.1) is 0 Å². The van der Waals surface area contributed by atoms with Crippen LogP contribution in [0.5, 0.6) is 11.5 Å². The molecule has 1 heterocycles. The third-order valence-electron chi connectivity index (χ3n) is 3.65. The third-order valence-corrected chi connectivity index (χ3v) is 3.97. The van der Waals surface area contributed by atoms with Gasteiger partial charge in [0.05, 0.1) is 6.42 Å². The molecule has 19 heavy (non-hydrogen) atoms. The summed E-state index contributed by atoms with van der Waals surface area (Å²) >= 11 is 6.28. The summed E-state index contributed by atoms with van der Waals surface area (Å²) in [6.45, 7) is 1.03. The van der Waals surface area contributed by atoms with Gasteiger partial charge in [0.25, 0.3) is 0 Å². The predicted molar refractivity (Wildman–Crippen MR) is 70.2 cm³/mol. The average Bonchev–Trinajstić information content (AvgIpc) is 3.19. The number of carboxylic acids is 1. The van der Waals surface area contributed by atoms with Gasteiger partial charge in [0, 0.05) is 11.1 Å². The van der Waals surface area contributed by atoms with Gasteiger partial charge < -0.3 is 14.6 Å². The maximum absolute atomic E-state index is 11.0. The monoisotopic (exact) mass is 282 g/mol. The molecule has 0 spiro atoms. The largest absolute Gasteiger partial charge is 0.486 e. The Balaban J connectivity index is 1.95. The molecule has 0 aromatic heterocycles. The molecule has 1 aliphatic carbocycles. The molecule has 2 aliphatic rings. The first-order valence-electron chi connectivity index (χ1n) is 6.46. The summed E-state index contributed by atoms with van der Waals surface area (Å²) in [5.74, 6) is 0.923. The van der Waals surface area contributed by atoms with Gasteiger partial charge in [-0.1, -0.05) is 11.6 Å². The van der Waals surface area contributed by atoms with Crippen molar-refractivity contribution in [1.82, 2.24) is 0 Å². The van der Waals surface area contributed by atoms with E-state index in [1.807, 2.05) is 6.07 Å². The van der Waals surface area contributed by atoms with E-state index in [2.05, 4.69) is 0 Å². The van der Waals surface area contributed by atoms with E-state index in [0.717, 1.165) is 18.4 Å². The van der Waals surface area contributed by atoms with Crippen molar-refractivity contribution in [3.05, 3.63) is 22.7 Å². The normalized spacial score (nSPS) is 19.0. The highest BCUT2D eigenvalue weighted by atomic mass is 35.5. The number of rotatable bonds is 4. The lowest BCUT2D eigenvalue weighted by molar-refractivity contribution is -0.137. The molecule has 4 nitrogen and oxygen atoms in total. The van der Waals surface area contributed by atoms with Gasteiger partial charge in [0.2, 0.25) is 0 Å². The summed E-state index contributed by atoms with van der Waals surface area (Å²) in [5, 5.41) is 9.62. The number of benzene rings is 1. The summed E-state index contributed by atoms with van der Waals surface area (Å²) in [6.07, 6.45) is 2.26. The van der Waals surface area contributed by atoms with Crippen LogP contribution in [0.25, 0.3) is 0 Å². The summed E-state index contributed by atoms with van der Waals surface area (Å²) in [5.41, 5.74) is 0.871. The van der Waals surface area contributed by atoms with Crippen molar-refractivity contribution in [2.24, 2.45) is 5.92 Å². The molecule has 1 aliphatic heterocycles. The Kier molecular flexibility index (Phi) is 3.27. The topological polar surface area (TPSA) is 55.8 Å². The average molecular weight is 283 g/mol. The van der Waals surface area contributed by atoms with Crippen LogP contribution in [0.15, 0.2) is 12.1 Å². The fourth-order valence-corrected chi connectivity index (χ4v) is 2.87. The Morgan fingerprint density at radius 3 is 2.53 bits per heavy atom. The molecular formula is C14H15ClO4. The van der Waals surface area contributed by atoms with Crippen LogP contribution in [-0.4, -0.2) is 24.3 Å². The van der Waals surface area contributed by atoms with Crippen LogP contribution < -0.4 is 9.47 Å². The lowest BCUT2D eigenvalue weighted by Gasteiger charge is -2.22. The van der Waals surface area contributed by atoms with Crippen molar-refractivity contribution < 1.29 is 19.4 Å². The highest BCUT2D eigenvalue weighted by molar-refractivity contribution is 6.31. The second-order valence-corrected chi connectivity index (χ2v) is 5.47. The van der Waals surface area contributed by atoms with E-state index in [-0.39, 0.29) is 12.3 Å². The van der Waals surface area contributed by atoms with Crippen molar-refractivity contribution in [2.75, 3.05) is 13.2 Å². The van der Waals surface area contributed by atoms with Crippen molar-refractivity contribution in [3.63, 3.8) is 0 Å². The first-order chi connectivity index (χ1) is 9.15. The van der Waals surface area contributed by atoms with E-state index in [1.165, 1.54) is 0 Å². The van der Waals surface area contributed by atoms with Crippen LogP contribution in [0.1, 0.15) is 30.7 Å². The van der Waals surface area contributed by atoms with E-state index >= 15 is 0 Å². The van der Waals surface area contributed by atoms with E-state index < -0.39 is 5.97 Å². The standard InChI is InChI=1S/C14H15ClO4/c15-11-7-13-12(18-3-4-19-13)5-10(11)9(6-14(16)17)8-1-2-8/h5,7-9H,1-4,6H2,(H,16,17). The van der Waals surface area contributed by atoms with Gasteiger partial charge in [-0.05, 0) is 36.3 Å². The minimum Gasteiger partial charge on any atom is -0.486 e. The first-order valence-corrected chi connectivity index (χ1v) is 6.84. The maximum atomic E-state index is 11.0. The van der Waals surface area contributed by atoms with E-state index in [1.54, 1.807) is 6.07 Å². The minimum atomic E-state index is -0.789. The summed E-state index contributed by atoms with van der Waals surface area (Å²) < 4.78 is 11.0. The minimum absolute atomic E-state index is 0.0270. The smallest absolute Gasteiger partial charge is 0.303 e. The second-order valence-electron chi connectivity index (χ2n) is 5.06. The number of aliphatic carboxylic acids is 1. The Bertz CT molecular complexity index is 510. The summed E-state index contributed by atoms with van der Waals surface area (Å²) in [6, 6.07) is 3.59. The summed E-state index contributed by atoms with van der Waals surface area (Å²) in [4.78, 5) is 11.0. The highest BCUT2D eigenvalue weighted by Crippen LogP contribution is 2.48. The molecule has 0 bridgehead atoms. The molecule has 1 unspecified atom stereocenters. The second kappa shape index (κ2) is 4.93. The lowest BCUT2D eigenvalue weighted by atomic mass is 9.90. The highest BCUT2D eigenvalue weighted by Gasteiger charge is 2.35. The lowest BCUT2D eigenvalue weighted by Crippen LogP contribution is -2.16. The third kappa shape index (κ3) is 2.63. The van der Waals surface area contributed by atoms with Gasteiger partial charge in [0.1, 0.15) is 13.2 Å². The molecule has 1 fully saturated rings. The van der Waals surface area contributed by atoms with Crippen molar-refractivity contribution in [2.45, 2.75) is 25.2 Å². The molecule has 0 saturated heterocycles. The molecule has 1 aromatic carbocycles. The molecule has 1 atom stereocenters. The fourth-order valence-electron chi connectivity index (χ4n) is 2.58. The number of carboxylic acid groups (broad SMARTS) is 1. The van der Waals surface area contributed by atoms with Crippen LogP contribution >= 0.6 is 11.6 Å². The Labute approximate surface area is 116 Å². The van der Waals surface area contributed by atoms with Crippen LogP contribution in [0.3, 0.4) is 0 Å². The van der Waals surface area contributed by atoms with Crippen molar-refractivity contribution >= 4 is 17.6 Å². The Morgan fingerprint density at radius 1 is 1.32 bits per heavy atom. The quantitative estimate of drug-likeness (QED) is 0.922. The van der Waals surface area contributed by atoms with Gasteiger partial charge >= 0.3 is 5.97 Å². The zero-order valence-electron chi connectivity index (χ0n) is 10.4. The van der Waals surface area contributed by atoms with Gasteiger partial charge in [-0.25, -0.2) is 0 Å². The molecular weight excluding hydrogens is 268 g/mol. The number of carbonyl (C=O) groups is 1. The molecule has 1 aromatic rings. The van der Waals surface area contributed by atoms with Gasteiger partial charge in [-0.2, -0.15) is 0 Å². The van der Waals surface area contributed by atoms with E-state index in [0.29, 0.717) is 35.7 Å². The number of hydrogen-bond donors (Lipinski definition) is 1. The Morgan fingerprint density at radius 2 is 1.95 bits per heavy atom. The van der Waals surface area contributed by atoms with Crippen molar-refractivity contribution in [3.8, 4) is 11.5 Å². The van der Waals surface area contributed by atoms with E-state index in [9.17, 15) is 4.79 Å². The zero-order valence-corrected chi connectivity index (χ0v) is 11.2. The SMILES string of the molecule is O=C(O)CC(c1cc2c(cc1Cl)OCCO2)C1CC1. The van der Waals surface area contributed by atoms with Crippen LogP contribution in [0.4, 0.5) is 0 Å². The number of fused-ring (bicyclic) bond motifs is 1. The molecule has 102 valence electrons. The predicted octanol–water partition coefficient (Wildman–Crippen LogP) is 3.08. The van der Waals surface area contributed by atoms with Gasteiger partial charge in [0.15, 0.2) is 11.5 Å². The number of hydrogen-bond acceptors (Lipinski definition) is 3. The van der Waals surface area contributed by atoms with Crippen LogP contribution in [0.2, 0.25) is 5.02 Å². The van der Waals surface area contributed by atoms with Crippen LogP contribution in [-0.2, 0) is 4.79 Å². The molecule has 1 N–H and O–H groups in total.